The molecule has 2 aromatic rings. The number of hydrogen-bond acceptors (Lipinski definition) is 5. The van der Waals surface area contributed by atoms with E-state index in [0.29, 0.717) is 27.3 Å². The summed E-state index contributed by atoms with van der Waals surface area (Å²) < 4.78 is 16.5. The first-order valence-electron chi connectivity index (χ1n) is 6.69. The van der Waals surface area contributed by atoms with Crippen molar-refractivity contribution in [3.8, 4) is 28.7 Å². The van der Waals surface area contributed by atoms with Crippen LogP contribution in [0.25, 0.3) is 12.2 Å². The van der Waals surface area contributed by atoms with Gasteiger partial charge in [0.05, 0.1) is 21.3 Å². The van der Waals surface area contributed by atoms with Gasteiger partial charge in [0, 0.05) is 10.0 Å². The van der Waals surface area contributed by atoms with Crippen LogP contribution in [0.4, 0.5) is 0 Å². The van der Waals surface area contributed by atoms with Crippen molar-refractivity contribution in [2.24, 2.45) is 0 Å². The maximum absolute atomic E-state index is 9.89. The monoisotopic (exact) mass is 380 g/mol. The smallest absolute Gasteiger partial charge is 0.203 e. The van der Waals surface area contributed by atoms with E-state index in [-0.39, 0.29) is 11.5 Å². The predicted molar refractivity (Wildman–Crippen MR) is 92.5 cm³/mol. The molecule has 0 unspecified atom stereocenters. The molecule has 0 aliphatic carbocycles. The lowest BCUT2D eigenvalue weighted by Crippen LogP contribution is -1.95. The molecular weight excluding hydrogens is 364 g/mol. The summed E-state index contributed by atoms with van der Waals surface area (Å²) in [6, 6.07) is 6.69. The molecule has 0 heterocycles. The highest BCUT2D eigenvalue weighted by Gasteiger charge is 2.12. The fraction of sp³-hybridized carbons (Fsp3) is 0.176. The molecule has 0 aliphatic rings. The second-order valence-corrected chi connectivity index (χ2v) is 5.57. The van der Waals surface area contributed by atoms with Crippen molar-refractivity contribution in [2.45, 2.75) is 0 Å². The van der Waals surface area contributed by atoms with Gasteiger partial charge in [-0.15, -0.1) is 0 Å². The third kappa shape index (κ3) is 3.71. The van der Waals surface area contributed by atoms with Gasteiger partial charge in [0.25, 0.3) is 0 Å². The topological polar surface area (TPSA) is 68.2 Å². The minimum absolute atomic E-state index is 0.183. The molecule has 2 aromatic carbocycles. The molecule has 0 aromatic heterocycles. The Balaban J connectivity index is 2.44. The molecule has 122 valence electrons. The van der Waals surface area contributed by atoms with Crippen LogP contribution in [0.3, 0.4) is 0 Å². The minimum Gasteiger partial charge on any atom is -0.504 e. The molecule has 6 heteroatoms. The maximum Gasteiger partial charge on any atom is 0.203 e. The Labute approximate surface area is 142 Å². The third-order valence-corrected chi connectivity index (χ3v) is 3.68. The molecule has 0 bridgehead atoms. The zero-order chi connectivity index (χ0) is 17.0. The van der Waals surface area contributed by atoms with Crippen molar-refractivity contribution in [3.05, 3.63) is 39.9 Å². The third-order valence-electron chi connectivity index (χ3n) is 3.23. The Kier molecular flexibility index (Phi) is 5.39. The number of phenolic OH excluding ortho intramolecular Hbond substituents is 2. The largest absolute Gasteiger partial charge is 0.504 e. The summed E-state index contributed by atoms with van der Waals surface area (Å²) in [6.07, 6.45) is 3.45. The van der Waals surface area contributed by atoms with Gasteiger partial charge in [0.1, 0.15) is 0 Å². The summed E-state index contributed by atoms with van der Waals surface area (Å²) in [5, 5.41) is 19.5. The normalized spacial score (nSPS) is 10.8. The molecule has 0 atom stereocenters. The molecular formula is C17H17BrO5. The molecule has 5 nitrogen and oxygen atoms in total. The quantitative estimate of drug-likeness (QED) is 0.604. The van der Waals surface area contributed by atoms with Crippen LogP contribution >= 0.6 is 15.9 Å². The highest BCUT2D eigenvalue weighted by Crippen LogP contribution is 2.39. The number of hydrogen-bond donors (Lipinski definition) is 2. The van der Waals surface area contributed by atoms with Crippen LogP contribution in [-0.2, 0) is 0 Å². The number of benzene rings is 2. The van der Waals surface area contributed by atoms with Gasteiger partial charge in [-0.1, -0.05) is 28.1 Å². The summed E-state index contributed by atoms with van der Waals surface area (Å²) in [5.74, 6) is 1.21. The van der Waals surface area contributed by atoms with Gasteiger partial charge in [-0.3, -0.25) is 0 Å². The van der Waals surface area contributed by atoms with Gasteiger partial charge in [-0.25, -0.2) is 0 Å². The van der Waals surface area contributed by atoms with Gasteiger partial charge < -0.3 is 24.4 Å². The van der Waals surface area contributed by atoms with Crippen LogP contribution in [0, 0.1) is 0 Å². The number of methoxy groups -OCH3 is 3. The van der Waals surface area contributed by atoms with E-state index in [9.17, 15) is 10.2 Å². The van der Waals surface area contributed by atoms with Gasteiger partial charge in [0.2, 0.25) is 5.75 Å². The first-order valence-corrected chi connectivity index (χ1v) is 7.49. The van der Waals surface area contributed by atoms with Crippen molar-refractivity contribution < 1.29 is 24.4 Å². The number of phenols is 2. The average molecular weight is 381 g/mol. The van der Waals surface area contributed by atoms with Crippen molar-refractivity contribution >= 4 is 28.1 Å². The lowest BCUT2D eigenvalue weighted by molar-refractivity contribution is 0.324. The summed E-state index contributed by atoms with van der Waals surface area (Å²) in [4.78, 5) is 0. The van der Waals surface area contributed by atoms with Gasteiger partial charge in [0.15, 0.2) is 23.0 Å². The minimum atomic E-state index is -0.191. The lowest BCUT2D eigenvalue weighted by atomic mass is 10.1. The Morgan fingerprint density at radius 2 is 1.48 bits per heavy atom. The Bertz CT molecular complexity index is 715. The van der Waals surface area contributed by atoms with E-state index in [1.165, 1.54) is 13.2 Å². The van der Waals surface area contributed by atoms with Crippen molar-refractivity contribution in [3.63, 3.8) is 0 Å². The molecule has 2 rings (SSSR count). The first-order chi connectivity index (χ1) is 11.0. The fourth-order valence-corrected chi connectivity index (χ4v) is 2.58. The summed E-state index contributed by atoms with van der Waals surface area (Å²) in [5.41, 5.74) is 1.27. The van der Waals surface area contributed by atoms with Gasteiger partial charge in [-0.05, 0) is 29.8 Å². The Morgan fingerprint density at radius 1 is 0.870 bits per heavy atom. The SMILES string of the molecule is COc1cc(C=Cc2cc(Br)cc(O)c2O)cc(OC)c1OC. The Morgan fingerprint density at radius 3 is 2.00 bits per heavy atom. The standard InChI is InChI=1S/C17H17BrO5/c1-21-14-6-10(7-15(22-2)17(14)23-3)4-5-11-8-12(18)9-13(19)16(11)20/h4-9,19-20H,1-3H3. The molecule has 0 amide bonds. The van der Waals surface area contributed by atoms with E-state index in [4.69, 9.17) is 14.2 Å². The molecule has 0 spiro atoms. The van der Waals surface area contributed by atoms with Crippen LogP contribution in [0.15, 0.2) is 28.7 Å². The summed E-state index contributed by atoms with van der Waals surface area (Å²) >= 11 is 3.28. The first kappa shape index (κ1) is 17.0. The van der Waals surface area contributed by atoms with E-state index < -0.39 is 0 Å². The zero-order valence-electron chi connectivity index (χ0n) is 13.0. The van der Waals surface area contributed by atoms with Crippen LogP contribution in [0.5, 0.6) is 28.7 Å². The van der Waals surface area contributed by atoms with Gasteiger partial charge in [-0.2, -0.15) is 0 Å². The second-order valence-electron chi connectivity index (χ2n) is 4.65. The van der Waals surface area contributed by atoms with Crippen molar-refractivity contribution in [1.29, 1.82) is 0 Å². The van der Waals surface area contributed by atoms with E-state index >= 15 is 0 Å². The van der Waals surface area contributed by atoms with Crippen LogP contribution in [0.2, 0.25) is 0 Å². The zero-order valence-corrected chi connectivity index (χ0v) is 14.5. The Hall–Kier alpha value is -2.34. The fourth-order valence-electron chi connectivity index (χ4n) is 2.12. The van der Waals surface area contributed by atoms with Crippen LogP contribution in [0.1, 0.15) is 11.1 Å². The molecule has 0 fully saturated rings. The van der Waals surface area contributed by atoms with E-state index in [0.717, 1.165) is 5.56 Å². The van der Waals surface area contributed by atoms with Crippen molar-refractivity contribution in [1.82, 2.24) is 0 Å². The van der Waals surface area contributed by atoms with Gasteiger partial charge >= 0.3 is 0 Å². The second kappa shape index (κ2) is 7.28. The highest BCUT2D eigenvalue weighted by molar-refractivity contribution is 9.10. The van der Waals surface area contributed by atoms with Crippen LogP contribution < -0.4 is 14.2 Å². The molecule has 0 saturated carbocycles. The number of halogens is 1. The van der Waals surface area contributed by atoms with E-state index in [1.807, 2.05) is 0 Å². The molecule has 2 N–H and O–H groups in total. The van der Waals surface area contributed by atoms with Crippen LogP contribution in [-0.4, -0.2) is 31.5 Å². The number of ether oxygens (including phenoxy) is 3. The molecule has 0 saturated heterocycles. The van der Waals surface area contributed by atoms with Crippen molar-refractivity contribution in [2.75, 3.05) is 21.3 Å². The summed E-state index contributed by atoms with van der Waals surface area (Å²) in [7, 11) is 4.63. The number of rotatable bonds is 5. The average Bonchev–Trinajstić information content (AvgIpc) is 2.55. The predicted octanol–water partition coefficient (Wildman–Crippen LogP) is 4.06. The molecule has 23 heavy (non-hydrogen) atoms. The molecule has 0 aliphatic heterocycles. The molecule has 0 radical (unpaired) electrons. The number of aromatic hydroxyl groups is 2. The lowest BCUT2D eigenvalue weighted by Gasteiger charge is -2.12. The van der Waals surface area contributed by atoms with E-state index in [1.54, 1.807) is 44.6 Å². The summed E-state index contributed by atoms with van der Waals surface area (Å²) in [6.45, 7) is 0. The maximum atomic E-state index is 9.89. The highest BCUT2D eigenvalue weighted by atomic mass is 79.9. The van der Waals surface area contributed by atoms with E-state index in [2.05, 4.69) is 15.9 Å².